The number of amides is 2. The Morgan fingerprint density at radius 3 is 2.50 bits per heavy atom. The molecule has 0 saturated heterocycles. The van der Waals surface area contributed by atoms with Crippen molar-refractivity contribution in [2.45, 2.75) is 24.8 Å². The van der Waals surface area contributed by atoms with Crippen molar-refractivity contribution in [1.29, 1.82) is 0 Å². The summed E-state index contributed by atoms with van der Waals surface area (Å²) in [6.45, 7) is 3.43. The lowest BCUT2D eigenvalue weighted by Crippen LogP contribution is -2.42. The SMILES string of the molecule is CC(C)NC(=O)NS(=O)(=O)c1ccc(Cl)c(N)c1. The van der Waals surface area contributed by atoms with Crippen LogP contribution < -0.4 is 15.8 Å². The number of nitrogen functional groups attached to an aromatic ring is 1. The van der Waals surface area contributed by atoms with Crippen molar-refractivity contribution in [2.24, 2.45) is 0 Å². The van der Waals surface area contributed by atoms with Crippen molar-refractivity contribution in [2.75, 3.05) is 5.73 Å². The van der Waals surface area contributed by atoms with Crippen LogP contribution in [0.15, 0.2) is 23.1 Å². The molecule has 0 aromatic heterocycles. The molecule has 2 amide bonds. The summed E-state index contributed by atoms with van der Waals surface area (Å²) in [6, 6.07) is 2.84. The van der Waals surface area contributed by atoms with Crippen LogP contribution in [0.5, 0.6) is 0 Å². The number of urea groups is 1. The minimum Gasteiger partial charge on any atom is -0.397 e. The number of carbonyl (C=O) groups excluding carboxylic acids is 1. The van der Waals surface area contributed by atoms with E-state index in [1.54, 1.807) is 13.8 Å². The van der Waals surface area contributed by atoms with Gasteiger partial charge in [-0.05, 0) is 32.0 Å². The van der Waals surface area contributed by atoms with Crippen LogP contribution in [-0.4, -0.2) is 20.5 Å². The number of anilines is 1. The molecule has 0 saturated carbocycles. The molecular weight excluding hydrogens is 278 g/mol. The summed E-state index contributed by atoms with van der Waals surface area (Å²) in [5, 5.41) is 2.66. The Balaban J connectivity index is 2.93. The van der Waals surface area contributed by atoms with Crippen molar-refractivity contribution in [3.8, 4) is 0 Å². The van der Waals surface area contributed by atoms with E-state index in [9.17, 15) is 13.2 Å². The molecule has 0 aliphatic rings. The number of halogens is 1. The molecule has 0 aliphatic heterocycles. The van der Waals surface area contributed by atoms with Gasteiger partial charge in [0.1, 0.15) is 0 Å². The molecule has 0 spiro atoms. The summed E-state index contributed by atoms with van der Waals surface area (Å²) in [5.41, 5.74) is 5.63. The Kier molecular flexibility index (Phi) is 4.42. The van der Waals surface area contributed by atoms with Crippen LogP contribution in [0.1, 0.15) is 13.8 Å². The maximum absolute atomic E-state index is 11.8. The maximum Gasteiger partial charge on any atom is 0.328 e. The zero-order valence-corrected chi connectivity index (χ0v) is 11.5. The molecule has 1 aromatic rings. The molecule has 0 unspecified atom stereocenters. The van der Waals surface area contributed by atoms with Gasteiger partial charge in [-0.2, -0.15) is 0 Å². The Morgan fingerprint density at radius 2 is 2.00 bits per heavy atom. The van der Waals surface area contributed by atoms with Gasteiger partial charge < -0.3 is 11.1 Å². The molecule has 4 N–H and O–H groups in total. The van der Waals surface area contributed by atoms with Gasteiger partial charge in [-0.25, -0.2) is 17.9 Å². The van der Waals surface area contributed by atoms with E-state index in [1.165, 1.54) is 18.2 Å². The molecule has 0 atom stereocenters. The summed E-state index contributed by atoms with van der Waals surface area (Å²) < 4.78 is 25.5. The number of hydrogen-bond donors (Lipinski definition) is 3. The van der Waals surface area contributed by atoms with Crippen molar-refractivity contribution < 1.29 is 13.2 Å². The minimum absolute atomic E-state index is 0.122. The number of carbonyl (C=O) groups is 1. The monoisotopic (exact) mass is 291 g/mol. The zero-order valence-electron chi connectivity index (χ0n) is 9.90. The third kappa shape index (κ3) is 3.78. The molecule has 1 rings (SSSR count). The largest absolute Gasteiger partial charge is 0.397 e. The van der Waals surface area contributed by atoms with Crippen molar-refractivity contribution in [3.05, 3.63) is 23.2 Å². The van der Waals surface area contributed by atoms with Gasteiger partial charge in [0, 0.05) is 6.04 Å². The highest BCUT2D eigenvalue weighted by atomic mass is 35.5. The Morgan fingerprint density at radius 1 is 1.39 bits per heavy atom. The van der Waals surface area contributed by atoms with Crippen LogP contribution in [0, 0.1) is 0 Å². The third-order valence-electron chi connectivity index (χ3n) is 1.92. The van der Waals surface area contributed by atoms with Gasteiger partial charge in [0.15, 0.2) is 0 Å². The van der Waals surface area contributed by atoms with Gasteiger partial charge in [-0.3, -0.25) is 0 Å². The molecule has 0 bridgehead atoms. The van der Waals surface area contributed by atoms with Crippen LogP contribution >= 0.6 is 11.6 Å². The molecule has 0 fully saturated rings. The molecular formula is C10H14ClN3O3S. The van der Waals surface area contributed by atoms with Gasteiger partial charge in [-0.15, -0.1) is 0 Å². The fourth-order valence-electron chi connectivity index (χ4n) is 1.16. The normalized spacial score (nSPS) is 11.3. The van der Waals surface area contributed by atoms with Crippen molar-refractivity contribution in [1.82, 2.24) is 10.0 Å². The Bertz CT molecular complexity index is 557. The van der Waals surface area contributed by atoms with Gasteiger partial charge in [0.2, 0.25) is 0 Å². The predicted molar refractivity (Wildman–Crippen MR) is 69.9 cm³/mol. The Hall–Kier alpha value is -1.47. The zero-order chi connectivity index (χ0) is 13.9. The van der Waals surface area contributed by atoms with E-state index in [2.05, 4.69) is 5.32 Å². The van der Waals surface area contributed by atoms with Gasteiger partial charge in [0.25, 0.3) is 10.0 Å². The second-order valence-electron chi connectivity index (χ2n) is 3.92. The highest BCUT2D eigenvalue weighted by molar-refractivity contribution is 7.90. The van der Waals surface area contributed by atoms with E-state index in [0.29, 0.717) is 0 Å². The van der Waals surface area contributed by atoms with E-state index < -0.39 is 16.1 Å². The quantitative estimate of drug-likeness (QED) is 0.731. The van der Waals surface area contributed by atoms with Crippen LogP contribution in [0.4, 0.5) is 10.5 Å². The van der Waals surface area contributed by atoms with Gasteiger partial charge in [0.05, 0.1) is 15.6 Å². The summed E-state index contributed by atoms with van der Waals surface area (Å²) >= 11 is 5.69. The smallest absolute Gasteiger partial charge is 0.328 e. The van der Waals surface area contributed by atoms with Crippen molar-refractivity contribution >= 4 is 33.3 Å². The molecule has 18 heavy (non-hydrogen) atoms. The number of nitrogens with two attached hydrogens (primary N) is 1. The Labute approximate surface area is 111 Å². The third-order valence-corrected chi connectivity index (χ3v) is 3.60. The maximum atomic E-state index is 11.8. The second kappa shape index (κ2) is 5.45. The second-order valence-corrected chi connectivity index (χ2v) is 6.01. The molecule has 8 heteroatoms. The number of hydrogen-bond acceptors (Lipinski definition) is 4. The minimum atomic E-state index is -3.95. The van der Waals surface area contributed by atoms with E-state index in [1.807, 2.05) is 4.72 Å². The standard InChI is InChI=1S/C10H14ClN3O3S/c1-6(2)13-10(15)14-18(16,17)7-3-4-8(11)9(12)5-7/h3-6H,12H2,1-2H3,(H2,13,14,15). The fraction of sp³-hybridized carbons (Fsp3) is 0.300. The predicted octanol–water partition coefficient (Wildman–Crippen LogP) is 1.32. The van der Waals surface area contributed by atoms with Crippen LogP contribution in [0.25, 0.3) is 0 Å². The fourth-order valence-corrected chi connectivity index (χ4v) is 2.23. The molecule has 0 heterocycles. The number of nitrogens with one attached hydrogen (secondary N) is 2. The summed E-state index contributed by atoms with van der Waals surface area (Å²) in [6.07, 6.45) is 0. The molecule has 6 nitrogen and oxygen atoms in total. The molecule has 0 radical (unpaired) electrons. The first-order valence-electron chi connectivity index (χ1n) is 5.10. The highest BCUT2D eigenvalue weighted by Crippen LogP contribution is 2.21. The van der Waals surface area contributed by atoms with E-state index in [-0.39, 0.29) is 21.6 Å². The lowest BCUT2D eigenvalue weighted by molar-refractivity contribution is 0.243. The van der Waals surface area contributed by atoms with Crippen LogP contribution in [0.3, 0.4) is 0 Å². The first kappa shape index (κ1) is 14.6. The average Bonchev–Trinajstić information content (AvgIpc) is 2.19. The van der Waals surface area contributed by atoms with Crippen molar-refractivity contribution in [3.63, 3.8) is 0 Å². The molecule has 0 aliphatic carbocycles. The van der Waals surface area contributed by atoms with E-state index in [4.69, 9.17) is 17.3 Å². The van der Waals surface area contributed by atoms with Crippen LogP contribution in [0.2, 0.25) is 5.02 Å². The number of benzene rings is 1. The molecule has 100 valence electrons. The topological polar surface area (TPSA) is 101 Å². The van der Waals surface area contributed by atoms with Gasteiger partial charge in [-0.1, -0.05) is 11.6 Å². The summed E-state index contributed by atoms with van der Waals surface area (Å²) in [7, 11) is -3.95. The molecule has 1 aromatic carbocycles. The van der Waals surface area contributed by atoms with Gasteiger partial charge >= 0.3 is 6.03 Å². The number of rotatable bonds is 3. The summed E-state index contributed by atoms with van der Waals surface area (Å²) in [5.74, 6) is 0. The lowest BCUT2D eigenvalue weighted by Gasteiger charge is -2.11. The summed E-state index contributed by atoms with van der Waals surface area (Å²) in [4.78, 5) is 11.2. The number of sulfonamides is 1. The average molecular weight is 292 g/mol. The first-order valence-corrected chi connectivity index (χ1v) is 6.97. The van der Waals surface area contributed by atoms with E-state index in [0.717, 1.165) is 0 Å². The first-order chi connectivity index (χ1) is 8.22. The lowest BCUT2D eigenvalue weighted by atomic mass is 10.3. The van der Waals surface area contributed by atoms with Crippen LogP contribution in [-0.2, 0) is 10.0 Å². The highest BCUT2D eigenvalue weighted by Gasteiger charge is 2.18. The van der Waals surface area contributed by atoms with E-state index >= 15 is 0 Å².